The van der Waals surface area contributed by atoms with E-state index in [-0.39, 0.29) is 24.9 Å². The summed E-state index contributed by atoms with van der Waals surface area (Å²) in [7, 11) is 2.91. The maximum absolute atomic E-state index is 12.2. The molecule has 1 heterocycles. The molecule has 0 saturated carbocycles. The summed E-state index contributed by atoms with van der Waals surface area (Å²) in [6.45, 7) is -0.207. The predicted molar refractivity (Wildman–Crippen MR) is 94.7 cm³/mol. The van der Waals surface area contributed by atoms with Crippen LogP contribution in [0.1, 0.15) is 5.56 Å². The van der Waals surface area contributed by atoms with Crippen LogP contribution in [0.15, 0.2) is 36.5 Å². The van der Waals surface area contributed by atoms with Crippen LogP contribution in [0.2, 0.25) is 5.02 Å². The molecular weight excluding hydrogens is 346 g/mol. The second-order valence-electron chi connectivity index (χ2n) is 5.20. The minimum Gasteiger partial charge on any atom is -0.482 e. The number of halogens is 1. The summed E-state index contributed by atoms with van der Waals surface area (Å²) in [5.41, 5.74) is 6.93. The molecule has 0 spiro atoms. The van der Waals surface area contributed by atoms with Gasteiger partial charge in [-0.05, 0) is 29.8 Å². The number of carbonyl (C=O) groups excluding carboxylic acids is 2. The lowest BCUT2D eigenvalue weighted by atomic mass is 10.1. The fourth-order valence-corrected chi connectivity index (χ4v) is 2.12. The highest BCUT2D eigenvalue weighted by atomic mass is 35.5. The molecule has 7 nitrogen and oxygen atoms in total. The van der Waals surface area contributed by atoms with Crippen molar-refractivity contribution in [3.05, 3.63) is 47.1 Å². The van der Waals surface area contributed by atoms with Crippen LogP contribution in [-0.4, -0.2) is 37.6 Å². The van der Waals surface area contributed by atoms with E-state index in [4.69, 9.17) is 22.1 Å². The maximum atomic E-state index is 12.2. The number of nitrogens with two attached hydrogens (primary N) is 1. The standard InChI is InChI=1S/C17H18ClN3O4/c1-21(15-6-4-12(18)9-20-15)16(22)10-25-14-5-3-11(7-13(14)19)8-17(23)24-2/h3-7,9H,8,10,19H2,1-2H3. The highest BCUT2D eigenvalue weighted by Crippen LogP contribution is 2.23. The number of aromatic nitrogens is 1. The first kappa shape index (κ1) is 18.5. The first-order chi connectivity index (χ1) is 11.9. The molecule has 0 bridgehead atoms. The number of benzene rings is 1. The summed E-state index contributed by atoms with van der Waals surface area (Å²) in [6.07, 6.45) is 1.57. The molecule has 1 aromatic heterocycles. The first-order valence-electron chi connectivity index (χ1n) is 7.37. The van der Waals surface area contributed by atoms with Crippen LogP contribution >= 0.6 is 11.6 Å². The summed E-state index contributed by atoms with van der Waals surface area (Å²) in [4.78, 5) is 28.9. The van der Waals surface area contributed by atoms with Crippen molar-refractivity contribution in [2.45, 2.75) is 6.42 Å². The fourth-order valence-electron chi connectivity index (χ4n) is 2.01. The number of nitrogens with zero attached hydrogens (tertiary/aromatic N) is 2. The molecule has 1 aromatic carbocycles. The van der Waals surface area contributed by atoms with Crippen LogP contribution < -0.4 is 15.4 Å². The van der Waals surface area contributed by atoms with E-state index < -0.39 is 0 Å². The number of anilines is 2. The molecule has 25 heavy (non-hydrogen) atoms. The summed E-state index contributed by atoms with van der Waals surface area (Å²) in [5.74, 6) is 0.159. The summed E-state index contributed by atoms with van der Waals surface area (Å²) >= 11 is 5.77. The van der Waals surface area contributed by atoms with Crippen molar-refractivity contribution in [1.82, 2.24) is 4.98 Å². The van der Waals surface area contributed by atoms with Crippen molar-refractivity contribution < 1.29 is 19.1 Å². The van der Waals surface area contributed by atoms with Gasteiger partial charge in [-0.15, -0.1) is 0 Å². The normalized spacial score (nSPS) is 10.2. The van der Waals surface area contributed by atoms with Crippen LogP contribution in [0.25, 0.3) is 0 Å². The third-order valence-electron chi connectivity index (χ3n) is 3.43. The number of nitrogen functional groups attached to an aromatic ring is 1. The fraction of sp³-hybridized carbons (Fsp3) is 0.235. The molecule has 1 amide bonds. The number of likely N-dealkylation sites (N-methyl/N-ethyl adjacent to an activating group) is 1. The number of carbonyl (C=O) groups is 2. The molecule has 0 fully saturated rings. The van der Waals surface area contributed by atoms with Gasteiger partial charge in [0.1, 0.15) is 11.6 Å². The minimum absolute atomic E-state index is 0.116. The van der Waals surface area contributed by atoms with Gasteiger partial charge in [-0.1, -0.05) is 17.7 Å². The minimum atomic E-state index is -0.361. The molecule has 0 atom stereocenters. The maximum Gasteiger partial charge on any atom is 0.309 e. The molecule has 0 saturated heterocycles. The Kier molecular flexibility index (Phi) is 6.19. The van der Waals surface area contributed by atoms with Gasteiger partial charge in [0.05, 0.1) is 24.2 Å². The molecule has 0 aliphatic heterocycles. The number of hydrogen-bond acceptors (Lipinski definition) is 6. The molecule has 0 aliphatic rings. The Hall–Kier alpha value is -2.80. The molecule has 0 unspecified atom stereocenters. The van der Waals surface area contributed by atoms with Crippen LogP contribution in [-0.2, 0) is 20.7 Å². The molecule has 0 radical (unpaired) electrons. The van der Waals surface area contributed by atoms with Gasteiger partial charge in [0, 0.05) is 13.2 Å². The monoisotopic (exact) mass is 363 g/mol. The molecule has 132 valence electrons. The molecule has 0 aliphatic carbocycles. The molecule has 2 rings (SSSR count). The smallest absolute Gasteiger partial charge is 0.309 e. The van der Waals surface area contributed by atoms with Crippen molar-refractivity contribution in [1.29, 1.82) is 0 Å². The predicted octanol–water partition coefficient (Wildman–Crippen LogP) is 2.07. The van der Waals surface area contributed by atoms with Crippen LogP contribution in [0.4, 0.5) is 11.5 Å². The Balaban J connectivity index is 1.97. The van der Waals surface area contributed by atoms with E-state index in [0.717, 1.165) is 0 Å². The zero-order valence-corrected chi connectivity index (χ0v) is 14.6. The Bertz CT molecular complexity index is 765. The van der Waals surface area contributed by atoms with E-state index in [9.17, 15) is 9.59 Å². The van der Waals surface area contributed by atoms with E-state index in [2.05, 4.69) is 9.72 Å². The van der Waals surface area contributed by atoms with Gasteiger partial charge in [-0.25, -0.2) is 4.98 Å². The van der Waals surface area contributed by atoms with Crippen molar-refractivity contribution in [2.75, 3.05) is 31.4 Å². The highest BCUT2D eigenvalue weighted by Gasteiger charge is 2.14. The summed E-state index contributed by atoms with van der Waals surface area (Å²) in [5, 5.41) is 0.487. The number of esters is 1. The average molecular weight is 364 g/mol. The lowest BCUT2D eigenvalue weighted by Gasteiger charge is -2.17. The molecular formula is C17H18ClN3O4. The van der Waals surface area contributed by atoms with Crippen molar-refractivity contribution in [3.63, 3.8) is 0 Å². The van der Waals surface area contributed by atoms with Crippen LogP contribution in [0, 0.1) is 0 Å². The largest absolute Gasteiger partial charge is 0.482 e. The van der Waals surface area contributed by atoms with E-state index >= 15 is 0 Å². The van der Waals surface area contributed by atoms with Gasteiger partial charge in [0.15, 0.2) is 6.61 Å². The summed E-state index contributed by atoms with van der Waals surface area (Å²) < 4.78 is 10.1. The van der Waals surface area contributed by atoms with Gasteiger partial charge in [-0.2, -0.15) is 0 Å². The van der Waals surface area contributed by atoms with Crippen LogP contribution in [0.5, 0.6) is 5.75 Å². The average Bonchev–Trinajstić information content (AvgIpc) is 2.60. The van der Waals surface area contributed by atoms with Gasteiger partial charge >= 0.3 is 5.97 Å². The van der Waals surface area contributed by atoms with Crippen LogP contribution in [0.3, 0.4) is 0 Å². The van der Waals surface area contributed by atoms with Gasteiger partial charge in [0.2, 0.25) is 0 Å². The number of amides is 1. The first-order valence-corrected chi connectivity index (χ1v) is 7.74. The quantitative estimate of drug-likeness (QED) is 0.623. The van der Waals surface area contributed by atoms with E-state index in [0.29, 0.717) is 27.8 Å². The lowest BCUT2D eigenvalue weighted by Crippen LogP contribution is -2.31. The van der Waals surface area contributed by atoms with Gasteiger partial charge < -0.3 is 15.2 Å². The number of methoxy groups -OCH3 is 1. The number of hydrogen-bond donors (Lipinski definition) is 1. The molecule has 2 N–H and O–H groups in total. The SMILES string of the molecule is COC(=O)Cc1ccc(OCC(=O)N(C)c2ccc(Cl)cn2)c(N)c1. The van der Waals surface area contributed by atoms with Gasteiger partial charge in [0.25, 0.3) is 5.91 Å². The topological polar surface area (TPSA) is 94.8 Å². The number of pyridine rings is 1. The Morgan fingerprint density at radius 2 is 2.04 bits per heavy atom. The molecule has 2 aromatic rings. The summed E-state index contributed by atoms with van der Waals surface area (Å²) in [6, 6.07) is 8.20. The second-order valence-corrected chi connectivity index (χ2v) is 5.64. The van der Waals surface area contributed by atoms with E-state index in [1.54, 1.807) is 37.4 Å². The Morgan fingerprint density at radius 1 is 1.28 bits per heavy atom. The lowest BCUT2D eigenvalue weighted by molar-refractivity contribution is -0.139. The Morgan fingerprint density at radius 3 is 2.64 bits per heavy atom. The van der Waals surface area contributed by atoms with E-state index in [1.807, 2.05) is 0 Å². The number of rotatable bonds is 6. The van der Waals surface area contributed by atoms with Crippen molar-refractivity contribution in [2.24, 2.45) is 0 Å². The van der Waals surface area contributed by atoms with Crippen molar-refractivity contribution >= 4 is 35.0 Å². The zero-order valence-electron chi connectivity index (χ0n) is 13.9. The highest BCUT2D eigenvalue weighted by molar-refractivity contribution is 6.30. The van der Waals surface area contributed by atoms with Crippen molar-refractivity contribution in [3.8, 4) is 5.75 Å². The Labute approximate surface area is 150 Å². The molecule has 8 heteroatoms. The van der Waals surface area contributed by atoms with Gasteiger partial charge in [-0.3, -0.25) is 14.5 Å². The second kappa shape index (κ2) is 8.34. The zero-order chi connectivity index (χ0) is 18.4. The number of ether oxygens (including phenoxy) is 2. The van der Waals surface area contributed by atoms with E-state index in [1.165, 1.54) is 18.2 Å². The third kappa shape index (κ3) is 5.09. The third-order valence-corrected chi connectivity index (χ3v) is 3.65.